The Morgan fingerprint density at radius 1 is 0.767 bits per heavy atom. The predicted octanol–water partition coefficient (Wildman–Crippen LogP) is -1.72. The molecular weight excluding hydrogens is 582 g/mol. The number of esters is 5. The highest BCUT2D eigenvalue weighted by Crippen LogP contribution is 2.30. The van der Waals surface area contributed by atoms with E-state index >= 15 is 0 Å². The van der Waals surface area contributed by atoms with Crippen LogP contribution in [0.5, 0.6) is 0 Å². The Balaban J connectivity index is 1.71. The van der Waals surface area contributed by atoms with Crippen molar-refractivity contribution in [3.8, 4) is 0 Å². The largest absolute Gasteiger partial charge is 0.456 e. The van der Waals surface area contributed by atoms with Crippen molar-refractivity contribution in [1.29, 1.82) is 0 Å². The first-order valence-electron chi connectivity index (χ1n) is 13.2. The third kappa shape index (κ3) is 9.14. The normalized spacial score (nSPS) is 32.3. The van der Waals surface area contributed by atoms with Crippen LogP contribution in [0.4, 0.5) is 0 Å². The standard InChI is InChI=1S/C25H35N3O15/c1-10-19(38-11(2)29)21(40-13(4)31)23(42-15(6)33)25(37-10)36-9-16-7-28(27-26-16)8-17-18(34)20(39-12(3)30)22(24(35)43-17)41-14(5)32/h7,10,17-25,34-35H,8-9H2,1-6H3/t10?,17-,18-,19?,20+,21?,22-,23?,24+,25?/m1/s1. The SMILES string of the molecule is CC(=O)OC1C(C)OC(OCc2cn(C[C@H]3O[C@H](O)[C@H](OC(C)=O)[C@@H](OC(C)=O)[C@@H]3O)nn2)C(OC(C)=O)C1OC(C)=O. The molecule has 2 aliphatic rings. The van der Waals surface area contributed by atoms with Crippen LogP contribution in [0.3, 0.4) is 0 Å². The van der Waals surface area contributed by atoms with Gasteiger partial charge in [-0.05, 0) is 6.92 Å². The van der Waals surface area contributed by atoms with Gasteiger partial charge in [0.15, 0.2) is 43.1 Å². The predicted molar refractivity (Wildman–Crippen MR) is 134 cm³/mol. The Hall–Kier alpha value is -3.71. The molecule has 3 rings (SSSR count). The van der Waals surface area contributed by atoms with Crippen LogP contribution in [0.1, 0.15) is 47.2 Å². The van der Waals surface area contributed by atoms with Crippen molar-refractivity contribution in [3.63, 3.8) is 0 Å². The van der Waals surface area contributed by atoms with E-state index in [0.29, 0.717) is 0 Å². The van der Waals surface area contributed by atoms with Crippen molar-refractivity contribution < 1.29 is 72.1 Å². The zero-order valence-electron chi connectivity index (χ0n) is 24.3. The van der Waals surface area contributed by atoms with E-state index in [4.69, 9.17) is 37.9 Å². The van der Waals surface area contributed by atoms with Gasteiger partial charge in [-0.3, -0.25) is 24.0 Å². The van der Waals surface area contributed by atoms with Gasteiger partial charge < -0.3 is 48.1 Å². The fraction of sp³-hybridized carbons (Fsp3) is 0.720. The highest BCUT2D eigenvalue weighted by Gasteiger charge is 2.51. The molecule has 10 atom stereocenters. The molecule has 0 amide bonds. The number of rotatable bonds is 10. The molecule has 43 heavy (non-hydrogen) atoms. The number of hydrogen-bond donors (Lipinski definition) is 2. The monoisotopic (exact) mass is 617 g/mol. The Kier molecular flexibility index (Phi) is 11.5. The second-order valence-corrected chi connectivity index (χ2v) is 9.88. The summed E-state index contributed by atoms with van der Waals surface area (Å²) in [6, 6.07) is 0. The van der Waals surface area contributed by atoms with Crippen LogP contribution >= 0.6 is 0 Å². The Bertz CT molecular complexity index is 1170. The molecule has 2 saturated heterocycles. The minimum atomic E-state index is -1.72. The van der Waals surface area contributed by atoms with Crippen LogP contribution in [0, 0.1) is 0 Å². The minimum absolute atomic E-state index is 0.179. The minimum Gasteiger partial charge on any atom is -0.456 e. The molecule has 1 aromatic heterocycles. The molecule has 0 aliphatic carbocycles. The zero-order valence-corrected chi connectivity index (χ0v) is 24.3. The lowest BCUT2D eigenvalue weighted by Gasteiger charge is -2.43. The first-order chi connectivity index (χ1) is 20.2. The molecule has 2 aliphatic heterocycles. The van der Waals surface area contributed by atoms with E-state index in [1.54, 1.807) is 6.92 Å². The van der Waals surface area contributed by atoms with Crippen LogP contribution in [0.2, 0.25) is 0 Å². The summed E-state index contributed by atoms with van der Waals surface area (Å²) in [6.07, 6.45) is -11.7. The van der Waals surface area contributed by atoms with Gasteiger partial charge in [0.1, 0.15) is 17.9 Å². The van der Waals surface area contributed by atoms with Gasteiger partial charge in [-0.15, -0.1) is 5.10 Å². The summed E-state index contributed by atoms with van der Waals surface area (Å²) in [4.78, 5) is 58.4. The van der Waals surface area contributed by atoms with Gasteiger partial charge in [0.2, 0.25) is 0 Å². The summed E-state index contributed by atoms with van der Waals surface area (Å²) in [6.45, 7) is 6.73. The molecule has 1 aromatic rings. The number of hydrogen-bond acceptors (Lipinski definition) is 17. The summed E-state index contributed by atoms with van der Waals surface area (Å²) in [5, 5.41) is 29.1. The summed E-state index contributed by atoms with van der Waals surface area (Å²) in [7, 11) is 0. The molecule has 0 radical (unpaired) electrons. The Morgan fingerprint density at radius 2 is 1.28 bits per heavy atom. The topological polar surface area (TPSA) is 230 Å². The molecule has 5 unspecified atom stereocenters. The first-order valence-corrected chi connectivity index (χ1v) is 13.2. The number of carbonyl (C=O) groups excluding carboxylic acids is 5. The van der Waals surface area contributed by atoms with E-state index in [-0.39, 0.29) is 18.8 Å². The Labute approximate surface area is 245 Å². The van der Waals surface area contributed by atoms with Gasteiger partial charge in [0, 0.05) is 34.6 Å². The Morgan fingerprint density at radius 3 is 1.86 bits per heavy atom. The summed E-state index contributed by atoms with van der Waals surface area (Å²) >= 11 is 0. The highest BCUT2D eigenvalue weighted by molar-refractivity contribution is 5.69. The van der Waals surface area contributed by atoms with Crippen LogP contribution in [-0.4, -0.2) is 116 Å². The molecule has 0 aromatic carbocycles. The van der Waals surface area contributed by atoms with Crippen molar-refractivity contribution in [2.75, 3.05) is 0 Å². The lowest BCUT2D eigenvalue weighted by Crippen LogP contribution is -2.61. The molecule has 0 bridgehead atoms. The van der Waals surface area contributed by atoms with Crippen molar-refractivity contribution >= 4 is 29.8 Å². The molecule has 18 heteroatoms. The molecule has 240 valence electrons. The maximum absolute atomic E-state index is 11.9. The van der Waals surface area contributed by atoms with Crippen LogP contribution in [-0.2, 0) is 75.0 Å². The molecule has 18 nitrogen and oxygen atoms in total. The second-order valence-electron chi connectivity index (χ2n) is 9.88. The van der Waals surface area contributed by atoms with Gasteiger partial charge in [0.25, 0.3) is 0 Å². The maximum Gasteiger partial charge on any atom is 0.303 e. The smallest absolute Gasteiger partial charge is 0.303 e. The fourth-order valence-corrected chi connectivity index (χ4v) is 4.65. The van der Waals surface area contributed by atoms with E-state index in [2.05, 4.69) is 10.3 Å². The van der Waals surface area contributed by atoms with Crippen LogP contribution in [0.25, 0.3) is 0 Å². The summed E-state index contributed by atoms with van der Waals surface area (Å²) in [5.74, 6) is -3.70. The number of aliphatic hydroxyl groups excluding tert-OH is 2. The average Bonchev–Trinajstić information content (AvgIpc) is 3.33. The van der Waals surface area contributed by atoms with Crippen LogP contribution < -0.4 is 0 Å². The molecule has 3 heterocycles. The number of carbonyl (C=O) groups is 5. The van der Waals surface area contributed by atoms with Gasteiger partial charge in [-0.25, -0.2) is 4.68 Å². The summed E-state index contributed by atoms with van der Waals surface area (Å²) < 4.78 is 44.3. The number of nitrogens with zero attached hydrogens (tertiary/aromatic N) is 3. The number of aromatic nitrogens is 3. The van der Waals surface area contributed by atoms with E-state index in [9.17, 15) is 34.2 Å². The molecule has 0 saturated carbocycles. The average molecular weight is 618 g/mol. The van der Waals surface area contributed by atoms with Gasteiger partial charge >= 0.3 is 29.8 Å². The highest BCUT2D eigenvalue weighted by atomic mass is 16.7. The van der Waals surface area contributed by atoms with E-state index < -0.39 is 91.3 Å². The van der Waals surface area contributed by atoms with Crippen molar-refractivity contribution in [2.45, 2.75) is 116 Å². The van der Waals surface area contributed by atoms with Gasteiger partial charge in [-0.2, -0.15) is 0 Å². The maximum atomic E-state index is 11.9. The van der Waals surface area contributed by atoms with Gasteiger partial charge in [-0.1, -0.05) is 5.21 Å². The molecular formula is C25H35N3O15. The number of ether oxygens (including phenoxy) is 8. The van der Waals surface area contributed by atoms with Crippen molar-refractivity contribution in [2.24, 2.45) is 0 Å². The lowest BCUT2D eigenvalue weighted by molar-refractivity contribution is -0.303. The quantitative estimate of drug-likeness (QED) is 0.219. The van der Waals surface area contributed by atoms with E-state index in [1.807, 2.05) is 0 Å². The van der Waals surface area contributed by atoms with Crippen molar-refractivity contribution in [3.05, 3.63) is 11.9 Å². The summed E-state index contributed by atoms with van der Waals surface area (Å²) in [5.41, 5.74) is 0.240. The fourth-order valence-electron chi connectivity index (χ4n) is 4.65. The van der Waals surface area contributed by atoms with E-state index in [0.717, 1.165) is 34.6 Å². The second kappa shape index (κ2) is 14.6. The van der Waals surface area contributed by atoms with Crippen molar-refractivity contribution in [1.82, 2.24) is 15.0 Å². The number of aliphatic hydroxyl groups is 2. The third-order valence-electron chi connectivity index (χ3n) is 6.22. The first kappa shape index (κ1) is 33.8. The lowest BCUT2D eigenvalue weighted by atomic mass is 9.98. The third-order valence-corrected chi connectivity index (χ3v) is 6.22. The molecule has 2 N–H and O–H groups in total. The van der Waals surface area contributed by atoms with Gasteiger partial charge in [0.05, 0.1) is 25.5 Å². The molecule has 2 fully saturated rings. The molecule has 0 spiro atoms. The van der Waals surface area contributed by atoms with E-state index in [1.165, 1.54) is 10.9 Å². The zero-order chi connectivity index (χ0) is 32.0. The van der Waals surface area contributed by atoms with Crippen LogP contribution in [0.15, 0.2) is 6.20 Å².